The lowest BCUT2D eigenvalue weighted by molar-refractivity contribution is 0.669. The zero-order valence-corrected chi connectivity index (χ0v) is 33.1. The third-order valence-corrected chi connectivity index (χ3v) is 12.1. The number of benzene rings is 10. The van der Waals surface area contributed by atoms with Crippen LogP contribution in [0.25, 0.3) is 99.2 Å². The minimum absolute atomic E-state index is 0.875. The molecule has 0 spiro atoms. The Morgan fingerprint density at radius 2 is 0.672 bits per heavy atom. The Bertz CT molecular complexity index is 3600. The molecule has 0 bridgehead atoms. The largest absolute Gasteiger partial charge is 0.455 e. The van der Waals surface area contributed by atoms with Gasteiger partial charge >= 0.3 is 0 Å². The van der Waals surface area contributed by atoms with Crippen molar-refractivity contribution in [2.24, 2.45) is 0 Å². The van der Waals surface area contributed by atoms with Crippen LogP contribution in [0.3, 0.4) is 0 Å². The SMILES string of the molecule is c1ccc(-c2cccc3ccccc23)c(-c2ccccc2N(c2ccc(-c3cccc4c3oc3ccccc34)cc2)c2ccccc2-c2cccc3c2oc2ccccc23)c1. The van der Waals surface area contributed by atoms with E-state index in [9.17, 15) is 0 Å². The first kappa shape index (κ1) is 34.9. The summed E-state index contributed by atoms with van der Waals surface area (Å²) in [7, 11) is 0. The predicted octanol–water partition coefficient (Wildman–Crippen LogP) is 16.8. The van der Waals surface area contributed by atoms with Crippen molar-refractivity contribution < 1.29 is 8.83 Å². The molecular formula is C58H37NO2. The van der Waals surface area contributed by atoms with Crippen LogP contribution in [0.5, 0.6) is 0 Å². The van der Waals surface area contributed by atoms with Crippen molar-refractivity contribution in [2.45, 2.75) is 0 Å². The van der Waals surface area contributed by atoms with Crippen LogP contribution in [0.1, 0.15) is 0 Å². The summed E-state index contributed by atoms with van der Waals surface area (Å²) in [4.78, 5) is 2.41. The molecule has 10 aromatic carbocycles. The van der Waals surface area contributed by atoms with Crippen molar-refractivity contribution in [1.82, 2.24) is 0 Å². The van der Waals surface area contributed by atoms with E-state index in [2.05, 4.69) is 205 Å². The van der Waals surface area contributed by atoms with Gasteiger partial charge in [-0.1, -0.05) is 188 Å². The third-order valence-electron chi connectivity index (χ3n) is 12.1. The predicted molar refractivity (Wildman–Crippen MR) is 255 cm³/mol. The molecule has 3 nitrogen and oxygen atoms in total. The maximum Gasteiger partial charge on any atom is 0.143 e. The number of hydrogen-bond acceptors (Lipinski definition) is 3. The summed E-state index contributed by atoms with van der Waals surface area (Å²) in [5.74, 6) is 0. The van der Waals surface area contributed by atoms with Crippen LogP contribution in [-0.2, 0) is 0 Å². The number of nitrogens with zero attached hydrogens (tertiary/aromatic N) is 1. The number of rotatable bonds is 7. The lowest BCUT2D eigenvalue weighted by Gasteiger charge is -2.30. The van der Waals surface area contributed by atoms with Gasteiger partial charge in [0, 0.05) is 49.5 Å². The van der Waals surface area contributed by atoms with Gasteiger partial charge in [-0.05, 0) is 69.4 Å². The second-order valence-corrected chi connectivity index (χ2v) is 15.5. The highest BCUT2D eigenvalue weighted by Gasteiger charge is 2.24. The van der Waals surface area contributed by atoms with E-state index in [1.54, 1.807) is 0 Å². The van der Waals surface area contributed by atoms with Crippen LogP contribution >= 0.6 is 0 Å². The van der Waals surface area contributed by atoms with Crippen molar-refractivity contribution in [3.63, 3.8) is 0 Å². The van der Waals surface area contributed by atoms with Crippen LogP contribution in [0.2, 0.25) is 0 Å². The molecule has 286 valence electrons. The van der Waals surface area contributed by atoms with Crippen molar-refractivity contribution in [2.75, 3.05) is 4.90 Å². The van der Waals surface area contributed by atoms with Crippen molar-refractivity contribution in [1.29, 1.82) is 0 Å². The molecule has 0 aliphatic carbocycles. The van der Waals surface area contributed by atoms with Crippen molar-refractivity contribution >= 4 is 71.7 Å². The summed E-state index contributed by atoms with van der Waals surface area (Å²) >= 11 is 0. The van der Waals surface area contributed by atoms with Crippen LogP contribution in [0, 0.1) is 0 Å². The number of hydrogen-bond donors (Lipinski definition) is 0. The fraction of sp³-hybridized carbons (Fsp3) is 0. The Morgan fingerprint density at radius 1 is 0.262 bits per heavy atom. The van der Waals surface area contributed by atoms with E-state index < -0.39 is 0 Å². The molecule has 0 saturated heterocycles. The van der Waals surface area contributed by atoms with Gasteiger partial charge in [-0.25, -0.2) is 0 Å². The zero-order valence-electron chi connectivity index (χ0n) is 33.1. The van der Waals surface area contributed by atoms with Gasteiger partial charge in [0.25, 0.3) is 0 Å². The lowest BCUT2D eigenvalue weighted by atomic mass is 9.90. The molecule has 0 atom stereocenters. The standard InChI is InChI=1S/C58H37NO2/c1-2-18-41-38(16-1)17-13-26-43(41)44-19-3-4-20-45(44)46-21-5-9-30-53(46)59(40-36-34-39(35-37-40)42-25-14-28-51-48-23-7-11-32-55(48)60-57(42)51)54-31-10-6-22-47(54)50-27-15-29-52-49-24-8-12-33-56(49)61-58(50)52/h1-37H. The molecule has 0 radical (unpaired) electrons. The summed E-state index contributed by atoms with van der Waals surface area (Å²) in [5.41, 5.74) is 15.6. The van der Waals surface area contributed by atoms with E-state index >= 15 is 0 Å². The fourth-order valence-electron chi connectivity index (χ4n) is 9.34. The highest BCUT2D eigenvalue weighted by Crippen LogP contribution is 2.49. The van der Waals surface area contributed by atoms with Gasteiger partial charge in [-0.2, -0.15) is 0 Å². The first-order valence-corrected chi connectivity index (χ1v) is 20.8. The van der Waals surface area contributed by atoms with Crippen LogP contribution in [0.4, 0.5) is 17.1 Å². The normalized spacial score (nSPS) is 11.6. The molecule has 12 rings (SSSR count). The summed E-state index contributed by atoms with van der Waals surface area (Å²) < 4.78 is 13.2. The van der Waals surface area contributed by atoms with Gasteiger partial charge in [0.05, 0.1) is 11.4 Å². The van der Waals surface area contributed by atoms with E-state index in [0.29, 0.717) is 0 Å². The van der Waals surface area contributed by atoms with Gasteiger partial charge in [0.1, 0.15) is 22.3 Å². The summed E-state index contributed by atoms with van der Waals surface area (Å²) in [6.45, 7) is 0. The van der Waals surface area contributed by atoms with Crippen LogP contribution in [-0.4, -0.2) is 0 Å². The monoisotopic (exact) mass is 779 g/mol. The second kappa shape index (κ2) is 14.3. The number of para-hydroxylation sites is 6. The molecule has 12 aromatic rings. The molecule has 2 heterocycles. The average Bonchev–Trinajstić information content (AvgIpc) is 3.91. The summed E-state index contributed by atoms with van der Waals surface area (Å²) in [6.07, 6.45) is 0. The Labute approximate surface area is 353 Å². The fourth-order valence-corrected chi connectivity index (χ4v) is 9.34. The van der Waals surface area contributed by atoms with Crippen LogP contribution < -0.4 is 4.90 Å². The molecule has 61 heavy (non-hydrogen) atoms. The number of fused-ring (bicyclic) bond motifs is 7. The topological polar surface area (TPSA) is 29.5 Å². The zero-order chi connectivity index (χ0) is 40.3. The van der Waals surface area contributed by atoms with E-state index in [0.717, 1.165) is 94.3 Å². The smallest absolute Gasteiger partial charge is 0.143 e. The summed E-state index contributed by atoms with van der Waals surface area (Å²) in [5, 5.41) is 6.90. The number of furan rings is 2. The molecule has 0 N–H and O–H groups in total. The van der Waals surface area contributed by atoms with E-state index in [1.165, 1.54) is 21.9 Å². The highest BCUT2D eigenvalue weighted by atomic mass is 16.3. The van der Waals surface area contributed by atoms with Crippen molar-refractivity contribution in [3.8, 4) is 44.5 Å². The van der Waals surface area contributed by atoms with Gasteiger partial charge in [-0.3, -0.25) is 0 Å². The molecule has 0 aliphatic rings. The molecular weight excluding hydrogens is 743 g/mol. The van der Waals surface area contributed by atoms with Gasteiger partial charge in [-0.15, -0.1) is 0 Å². The minimum atomic E-state index is 0.875. The third kappa shape index (κ3) is 5.74. The van der Waals surface area contributed by atoms with E-state index in [1.807, 2.05) is 24.3 Å². The molecule has 2 aromatic heterocycles. The van der Waals surface area contributed by atoms with E-state index in [4.69, 9.17) is 8.83 Å². The molecule has 3 heteroatoms. The maximum atomic E-state index is 6.67. The minimum Gasteiger partial charge on any atom is -0.455 e. The Hall–Kier alpha value is -8.14. The molecule has 0 unspecified atom stereocenters. The maximum absolute atomic E-state index is 6.67. The molecule has 0 fully saturated rings. The Morgan fingerprint density at radius 3 is 1.33 bits per heavy atom. The first-order chi connectivity index (χ1) is 30.3. The van der Waals surface area contributed by atoms with Crippen molar-refractivity contribution in [3.05, 3.63) is 224 Å². The average molecular weight is 780 g/mol. The highest BCUT2D eigenvalue weighted by molar-refractivity contribution is 6.12. The van der Waals surface area contributed by atoms with Gasteiger partial charge in [0.2, 0.25) is 0 Å². The molecule has 0 amide bonds. The Balaban J connectivity index is 1.08. The van der Waals surface area contributed by atoms with Gasteiger partial charge < -0.3 is 13.7 Å². The van der Waals surface area contributed by atoms with Crippen LogP contribution in [0.15, 0.2) is 233 Å². The van der Waals surface area contributed by atoms with E-state index in [-0.39, 0.29) is 0 Å². The molecule has 0 saturated carbocycles. The van der Waals surface area contributed by atoms with Gasteiger partial charge in [0.15, 0.2) is 0 Å². The number of anilines is 3. The molecule has 0 aliphatic heterocycles. The Kier molecular flexibility index (Phi) is 8.17. The quantitative estimate of drug-likeness (QED) is 0.161. The first-order valence-electron chi connectivity index (χ1n) is 20.8. The second-order valence-electron chi connectivity index (χ2n) is 15.5. The summed E-state index contributed by atoms with van der Waals surface area (Å²) in [6, 6.07) is 79.9. The lowest BCUT2D eigenvalue weighted by Crippen LogP contribution is -2.12.